The van der Waals surface area contributed by atoms with Crippen LogP contribution in [0, 0.1) is 0 Å². The third-order valence-corrected chi connectivity index (χ3v) is 7.05. The minimum atomic E-state index is -3.41. The predicted molar refractivity (Wildman–Crippen MR) is 101 cm³/mol. The molecule has 0 saturated carbocycles. The van der Waals surface area contributed by atoms with Gasteiger partial charge in [-0.15, -0.1) is 11.3 Å². The van der Waals surface area contributed by atoms with Crippen LogP contribution < -0.4 is 4.72 Å². The van der Waals surface area contributed by atoms with Crippen molar-refractivity contribution in [2.75, 3.05) is 6.54 Å². The minimum Gasteiger partial charge on any atom is -0.331 e. The van der Waals surface area contributed by atoms with Crippen molar-refractivity contribution in [3.63, 3.8) is 0 Å². The lowest BCUT2D eigenvalue weighted by Gasteiger charge is -2.09. The zero-order valence-corrected chi connectivity index (χ0v) is 15.7. The van der Waals surface area contributed by atoms with Gasteiger partial charge in [-0.05, 0) is 25.0 Å². The number of aromatic nitrogens is 2. The van der Waals surface area contributed by atoms with Crippen molar-refractivity contribution in [2.24, 2.45) is 0 Å². The van der Waals surface area contributed by atoms with Gasteiger partial charge in [0.25, 0.3) is 0 Å². The average Bonchev–Trinajstić information content (AvgIpc) is 3.29. The predicted octanol–water partition coefficient (Wildman–Crippen LogP) is 3.54. The van der Waals surface area contributed by atoms with Gasteiger partial charge in [0.1, 0.15) is 10.0 Å². The zero-order valence-electron chi connectivity index (χ0n) is 14.1. The van der Waals surface area contributed by atoms with Crippen molar-refractivity contribution in [1.82, 2.24) is 14.3 Å². The molecule has 1 N–H and O–H groups in total. The summed E-state index contributed by atoms with van der Waals surface area (Å²) in [5.41, 5.74) is 1.05. The summed E-state index contributed by atoms with van der Waals surface area (Å²) in [6.07, 6.45) is 5.23. The Balaban J connectivity index is 1.57. The van der Waals surface area contributed by atoms with Crippen LogP contribution >= 0.6 is 11.3 Å². The van der Waals surface area contributed by atoms with E-state index in [2.05, 4.69) is 9.71 Å². The Labute approximate surface area is 152 Å². The van der Waals surface area contributed by atoms with Crippen LogP contribution in [0.15, 0.2) is 59.1 Å². The monoisotopic (exact) mass is 375 g/mol. The van der Waals surface area contributed by atoms with E-state index in [0.717, 1.165) is 22.7 Å². The van der Waals surface area contributed by atoms with E-state index in [1.807, 2.05) is 54.1 Å². The van der Waals surface area contributed by atoms with Gasteiger partial charge in [-0.3, -0.25) is 0 Å². The molecule has 3 aromatic rings. The maximum atomic E-state index is 12.3. The van der Waals surface area contributed by atoms with Gasteiger partial charge >= 0.3 is 0 Å². The van der Waals surface area contributed by atoms with Crippen molar-refractivity contribution in [3.8, 4) is 11.4 Å². The number of nitrogens with one attached hydrogen (secondary N) is 1. The molecule has 0 atom stereocenters. The SMILES string of the molecule is CCc1ccc(S(=O)(=O)NCCCn2ccnc2-c2ccccc2)s1. The Morgan fingerprint density at radius 1 is 1.16 bits per heavy atom. The number of thiophene rings is 1. The minimum absolute atomic E-state index is 0.386. The molecule has 0 bridgehead atoms. The molecular formula is C18H21N3O2S2. The van der Waals surface area contributed by atoms with Gasteiger partial charge in [-0.25, -0.2) is 18.1 Å². The molecule has 3 rings (SSSR count). The van der Waals surface area contributed by atoms with Crippen molar-refractivity contribution in [3.05, 3.63) is 59.7 Å². The summed E-state index contributed by atoms with van der Waals surface area (Å²) in [5, 5.41) is 0. The van der Waals surface area contributed by atoms with Crippen LogP contribution in [0.25, 0.3) is 11.4 Å². The van der Waals surface area contributed by atoms with E-state index in [4.69, 9.17) is 0 Å². The Bertz CT molecular complexity index is 915. The van der Waals surface area contributed by atoms with E-state index in [0.29, 0.717) is 23.7 Å². The van der Waals surface area contributed by atoms with E-state index >= 15 is 0 Å². The first-order valence-corrected chi connectivity index (χ1v) is 10.5. The Kier molecular flexibility index (Phi) is 5.67. The van der Waals surface area contributed by atoms with Crippen molar-refractivity contribution >= 4 is 21.4 Å². The number of sulfonamides is 1. The van der Waals surface area contributed by atoms with Gasteiger partial charge in [0.2, 0.25) is 10.0 Å². The number of hydrogen-bond acceptors (Lipinski definition) is 4. The van der Waals surface area contributed by atoms with E-state index in [1.54, 1.807) is 12.3 Å². The Morgan fingerprint density at radius 3 is 2.68 bits per heavy atom. The van der Waals surface area contributed by atoms with Crippen LogP contribution in [0.5, 0.6) is 0 Å². The fourth-order valence-electron chi connectivity index (χ4n) is 2.56. The number of rotatable bonds is 8. The highest BCUT2D eigenvalue weighted by atomic mass is 32.2. The van der Waals surface area contributed by atoms with Gasteiger partial charge in [0.15, 0.2) is 0 Å². The largest absolute Gasteiger partial charge is 0.331 e. The average molecular weight is 376 g/mol. The summed E-state index contributed by atoms with van der Waals surface area (Å²) in [4.78, 5) is 5.47. The second-order valence-electron chi connectivity index (χ2n) is 5.64. The number of imidazole rings is 1. The van der Waals surface area contributed by atoms with Crippen LogP contribution in [-0.2, 0) is 23.0 Å². The topological polar surface area (TPSA) is 64.0 Å². The number of aryl methyl sites for hydroxylation is 2. The van der Waals surface area contributed by atoms with E-state index in [9.17, 15) is 8.42 Å². The summed E-state index contributed by atoms with van der Waals surface area (Å²) < 4.78 is 29.7. The Morgan fingerprint density at radius 2 is 1.96 bits per heavy atom. The van der Waals surface area contributed by atoms with Crippen LogP contribution in [-0.4, -0.2) is 24.5 Å². The molecule has 0 aliphatic heterocycles. The quantitative estimate of drug-likeness (QED) is 0.613. The smallest absolute Gasteiger partial charge is 0.250 e. The second-order valence-corrected chi connectivity index (χ2v) is 8.80. The normalized spacial score (nSPS) is 11.7. The van der Waals surface area contributed by atoms with Gasteiger partial charge in [-0.1, -0.05) is 37.3 Å². The maximum absolute atomic E-state index is 12.3. The molecule has 2 aromatic heterocycles. The molecule has 132 valence electrons. The summed E-state index contributed by atoms with van der Waals surface area (Å²) in [5.74, 6) is 0.898. The van der Waals surface area contributed by atoms with Crippen molar-refractivity contribution in [1.29, 1.82) is 0 Å². The molecular weight excluding hydrogens is 354 g/mol. The molecule has 0 amide bonds. The summed E-state index contributed by atoms with van der Waals surface area (Å²) >= 11 is 1.33. The molecule has 0 aliphatic rings. The van der Waals surface area contributed by atoms with Gasteiger partial charge in [-0.2, -0.15) is 0 Å². The third kappa shape index (κ3) is 4.36. The van der Waals surface area contributed by atoms with Gasteiger partial charge in [0.05, 0.1) is 0 Å². The van der Waals surface area contributed by atoms with E-state index < -0.39 is 10.0 Å². The van der Waals surface area contributed by atoms with Crippen LogP contribution in [0.1, 0.15) is 18.2 Å². The maximum Gasteiger partial charge on any atom is 0.250 e. The molecule has 2 heterocycles. The standard InChI is InChI=1S/C18H21N3O2S2/c1-2-16-9-10-17(24-16)25(22,23)20-11-6-13-21-14-12-19-18(21)15-7-4-3-5-8-15/h3-5,7-10,12,14,20H,2,6,11,13H2,1H3. The highest BCUT2D eigenvalue weighted by Crippen LogP contribution is 2.21. The highest BCUT2D eigenvalue weighted by Gasteiger charge is 2.15. The van der Waals surface area contributed by atoms with Crippen LogP contribution in [0.4, 0.5) is 0 Å². The molecule has 0 saturated heterocycles. The molecule has 7 heteroatoms. The van der Waals surface area contributed by atoms with E-state index in [-0.39, 0.29) is 0 Å². The number of benzene rings is 1. The molecule has 0 unspecified atom stereocenters. The molecule has 0 fully saturated rings. The van der Waals surface area contributed by atoms with Crippen LogP contribution in [0.2, 0.25) is 0 Å². The van der Waals surface area contributed by atoms with Gasteiger partial charge < -0.3 is 4.57 Å². The van der Waals surface area contributed by atoms with Gasteiger partial charge in [0, 0.05) is 35.9 Å². The molecule has 1 aromatic carbocycles. The number of hydrogen-bond donors (Lipinski definition) is 1. The number of nitrogens with zero attached hydrogens (tertiary/aromatic N) is 2. The summed E-state index contributed by atoms with van der Waals surface area (Å²) in [6, 6.07) is 13.5. The lowest BCUT2D eigenvalue weighted by atomic mass is 10.2. The highest BCUT2D eigenvalue weighted by molar-refractivity contribution is 7.91. The lowest BCUT2D eigenvalue weighted by Crippen LogP contribution is -2.24. The van der Waals surface area contributed by atoms with Crippen molar-refractivity contribution in [2.45, 2.75) is 30.5 Å². The van der Waals surface area contributed by atoms with E-state index in [1.165, 1.54) is 11.3 Å². The molecule has 5 nitrogen and oxygen atoms in total. The molecule has 25 heavy (non-hydrogen) atoms. The Hall–Kier alpha value is -1.96. The first-order chi connectivity index (χ1) is 12.1. The lowest BCUT2D eigenvalue weighted by molar-refractivity contribution is 0.572. The van der Waals surface area contributed by atoms with Crippen LogP contribution in [0.3, 0.4) is 0 Å². The molecule has 0 aliphatic carbocycles. The second kappa shape index (κ2) is 7.95. The summed E-state index contributed by atoms with van der Waals surface area (Å²) in [6.45, 7) is 3.12. The molecule has 0 spiro atoms. The summed E-state index contributed by atoms with van der Waals surface area (Å²) in [7, 11) is -3.41. The fraction of sp³-hybridized carbons (Fsp3) is 0.278. The third-order valence-electron chi connectivity index (χ3n) is 3.87. The van der Waals surface area contributed by atoms with Crippen molar-refractivity contribution < 1.29 is 8.42 Å². The molecule has 0 radical (unpaired) electrons. The first-order valence-electron chi connectivity index (χ1n) is 8.25. The zero-order chi connectivity index (χ0) is 17.7. The fourth-order valence-corrected chi connectivity index (χ4v) is 4.97. The first kappa shape index (κ1) is 17.8.